The quantitative estimate of drug-likeness (QED) is 0.505. The Morgan fingerprint density at radius 2 is 1.87 bits per heavy atom. The Morgan fingerprint density at radius 3 is 2.43 bits per heavy atom. The van der Waals surface area contributed by atoms with E-state index in [4.69, 9.17) is 10.5 Å². The molecule has 3 N–H and O–H groups in total. The largest absolute Gasteiger partial charge is 0.478 e. The lowest BCUT2D eigenvalue weighted by atomic mass is 9.89. The molecule has 7 heteroatoms. The maximum atomic E-state index is 12.7. The number of carboxylic acid groups (broad SMARTS) is 1. The van der Waals surface area contributed by atoms with E-state index in [0.717, 1.165) is 24.9 Å². The minimum absolute atomic E-state index is 0.205. The summed E-state index contributed by atoms with van der Waals surface area (Å²) >= 11 is 0. The maximum Gasteiger partial charge on any atom is 0.345 e. The van der Waals surface area contributed by atoms with Crippen LogP contribution in [0, 0.1) is 18.8 Å². The molecule has 0 bridgehead atoms. The van der Waals surface area contributed by atoms with Crippen molar-refractivity contribution in [3.63, 3.8) is 0 Å². The fraction of sp³-hybridized carbons (Fsp3) is 0.522. The van der Waals surface area contributed by atoms with E-state index < -0.39 is 23.8 Å². The van der Waals surface area contributed by atoms with Gasteiger partial charge in [-0.3, -0.25) is 9.59 Å². The number of hydrogen-bond donors (Lipinski definition) is 2. The molecule has 1 unspecified atom stereocenters. The van der Waals surface area contributed by atoms with Crippen molar-refractivity contribution < 1.29 is 24.2 Å². The highest BCUT2D eigenvalue weighted by Crippen LogP contribution is 2.37. The molecule has 1 aliphatic rings. The second kappa shape index (κ2) is 8.90. The predicted molar refractivity (Wildman–Crippen MR) is 114 cm³/mol. The summed E-state index contributed by atoms with van der Waals surface area (Å²) in [4.78, 5) is 36.2. The molecule has 1 aromatic carbocycles. The molecule has 3 rings (SSSR count). The van der Waals surface area contributed by atoms with E-state index >= 15 is 0 Å². The topological polar surface area (TPSA) is 112 Å². The molecule has 1 aliphatic carbocycles. The Hall–Kier alpha value is -2.83. The molecule has 0 radical (unpaired) electrons. The molecule has 2 aromatic rings. The van der Waals surface area contributed by atoms with Gasteiger partial charge in [0.25, 0.3) is 11.7 Å². The van der Waals surface area contributed by atoms with Crippen LogP contribution in [0.15, 0.2) is 18.2 Å². The van der Waals surface area contributed by atoms with Gasteiger partial charge in [0.15, 0.2) is 6.10 Å². The maximum absolute atomic E-state index is 12.7. The first-order valence-electron chi connectivity index (χ1n) is 10.6. The SMILES string of the molecule is Cc1c(C(=O)C(N)=O)c2c(OC(C(=O)O)C(C)C)cccc2n1CC1CCCCC1. The van der Waals surface area contributed by atoms with E-state index in [0.29, 0.717) is 17.0 Å². The average molecular weight is 415 g/mol. The zero-order valence-electron chi connectivity index (χ0n) is 17.8. The first-order chi connectivity index (χ1) is 14.2. The number of ketones is 1. The first kappa shape index (κ1) is 21.9. The van der Waals surface area contributed by atoms with Crippen molar-refractivity contribution in [3.8, 4) is 5.75 Å². The summed E-state index contributed by atoms with van der Waals surface area (Å²) in [6.45, 7) is 6.06. The van der Waals surface area contributed by atoms with Crippen molar-refractivity contribution in [2.75, 3.05) is 0 Å². The minimum Gasteiger partial charge on any atom is -0.478 e. The number of aromatic nitrogens is 1. The lowest BCUT2D eigenvalue weighted by molar-refractivity contribution is -0.147. The van der Waals surface area contributed by atoms with Crippen LogP contribution in [-0.2, 0) is 16.1 Å². The Kier molecular flexibility index (Phi) is 6.48. The molecular weight excluding hydrogens is 384 g/mol. The van der Waals surface area contributed by atoms with Gasteiger partial charge in [-0.25, -0.2) is 4.79 Å². The highest BCUT2D eigenvalue weighted by Gasteiger charge is 2.30. The van der Waals surface area contributed by atoms with Gasteiger partial charge in [-0.1, -0.05) is 39.2 Å². The Balaban J connectivity index is 2.16. The number of nitrogens with zero attached hydrogens (tertiary/aromatic N) is 1. The Labute approximate surface area is 176 Å². The zero-order chi connectivity index (χ0) is 22.0. The highest BCUT2D eigenvalue weighted by atomic mass is 16.5. The van der Waals surface area contributed by atoms with E-state index in [1.807, 2.05) is 6.07 Å². The number of ether oxygens (including phenoxy) is 1. The van der Waals surface area contributed by atoms with Gasteiger partial charge >= 0.3 is 5.97 Å². The monoisotopic (exact) mass is 414 g/mol. The van der Waals surface area contributed by atoms with Crippen LogP contribution in [0.1, 0.15) is 62.0 Å². The molecule has 7 nitrogen and oxygen atoms in total. The third kappa shape index (κ3) is 4.20. The molecule has 0 saturated heterocycles. The van der Waals surface area contributed by atoms with Crippen LogP contribution in [0.25, 0.3) is 10.9 Å². The number of carboxylic acids is 1. The number of benzene rings is 1. The van der Waals surface area contributed by atoms with Crippen molar-refractivity contribution in [1.82, 2.24) is 4.57 Å². The summed E-state index contributed by atoms with van der Waals surface area (Å²) in [6.07, 6.45) is 4.81. The number of aliphatic carboxylic acids is 1. The van der Waals surface area contributed by atoms with E-state index in [1.54, 1.807) is 32.9 Å². The lowest BCUT2D eigenvalue weighted by Gasteiger charge is -2.23. The molecule has 1 heterocycles. The second-order valence-electron chi connectivity index (χ2n) is 8.54. The summed E-state index contributed by atoms with van der Waals surface area (Å²) in [7, 11) is 0. The van der Waals surface area contributed by atoms with Crippen LogP contribution in [-0.4, -0.2) is 33.4 Å². The van der Waals surface area contributed by atoms with Crippen LogP contribution in [0.4, 0.5) is 0 Å². The smallest absolute Gasteiger partial charge is 0.345 e. The van der Waals surface area contributed by atoms with Crippen molar-refractivity contribution >= 4 is 28.6 Å². The van der Waals surface area contributed by atoms with Crippen molar-refractivity contribution in [2.45, 2.75) is 65.5 Å². The second-order valence-corrected chi connectivity index (χ2v) is 8.54. The lowest BCUT2D eigenvalue weighted by Crippen LogP contribution is -2.32. The van der Waals surface area contributed by atoms with Crippen molar-refractivity contribution in [2.24, 2.45) is 17.6 Å². The molecule has 162 valence electrons. The summed E-state index contributed by atoms with van der Waals surface area (Å²) in [5.41, 5.74) is 6.96. The summed E-state index contributed by atoms with van der Waals surface area (Å²) in [5, 5.41) is 10.0. The number of rotatable bonds is 8. The van der Waals surface area contributed by atoms with E-state index in [2.05, 4.69) is 4.57 Å². The fourth-order valence-corrected chi connectivity index (χ4v) is 4.46. The van der Waals surface area contributed by atoms with Crippen molar-refractivity contribution in [1.29, 1.82) is 0 Å². The molecule has 1 amide bonds. The molecule has 0 spiro atoms. The van der Waals surface area contributed by atoms with Crippen LogP contribution >= 0.6 is 0 Å². The van der Waals surface area contributed by atoms with Gasteiger partial charge in [0, 0.05) is 18.2 Å². The minimum atomic E-state index is -1.08. The number of nitrogens with two attached hydrogens (primary N) is 1. The Morgan fingerprint density at radius 1 is 1.20 bits per heavy atom. The van der Waals surface area contributed by atoms with Crippen LogP contribution in [0.2, 0.25) is 0 Å². The predicted octanol–water partition coefficient (Wildman–Crippen LogP) is 3.69. The fourth-order valence-electron chi connectivity index (χ4n) is 4.46. The van der Waals surface area contributed by atoms with Gasteiger partial charge in [0.1, 0.15) is 5.75 Å². The van der Waals surface area contributed by atoms with Crippen LogP contribution in [0.5, 0.6) is 5.75 Å². The summed E-state index contributed by atoms with van der Waals surface area (Å²) in [5.74, 6) is -2.41. The number of hydrogen-bond acceptors (Lipinski definition) is 4. The molecule has 1 atom stereocenters. The van der Waals surface area contributed by atoms with Gasteiger partial charge in [0.2, 0.25) is 0 Å². The number of carbonyl (C=O) groups is 3. The summed E-state index contributed by atoms with van der Waals surface area (Å²) in [6, 6.07) is 5.30. The third-order valence-corrected chi connectivity index (χ3v) is 6.03. The van der Waals surface area contributed by atoms with Gasteiger partial charge in [-0.15, -0.1) is 0 Å². The van der Waals surface area contributed by atoms with Gasteiger partial charge in [-0.05, 0) is 37.8 Å². The summed E-state index contributed by atoms with van der Waals surface area (Å²) < 4.78 is 7.92. The Bertz CT molecular complexity index is 970. The molecule has 1 saturated carbocycles. The highest BCUT2D eigenvalue weighted by molar-refractivity contribution is 6.45. The van der Waals surface area contributed by atoms with E-state index in [9.17, 15) is 19.5 Å². The normalized spacial score (nSPS) is 16.0. The standard InChI is InChI=1S/C23H30N2O5/c1-13(2)21(23(28)29)30-17-11-7-10-16-19(17)18(20(26)22(24)27)14(3)25(16)12-15-8-5-4-6-9-15/h7,10-11,13,15,21H,4-6,8-9,12H2,1-3H3,(H2,24,27)(H,28,29). The number of carbonyl (C=O) groups excluding carboxylic acids is 2. The molecular formula is C23H30N2O5. The van der Waals surface area contributed by atoms with Crippen molar-refractivity contribution in [3.05, 3.63) is 29.5 Å². The third-order valence-electron chi connectivity index (χ3n) is 6.03. The van der Waals surface area contributed by atoms with Crippen LogP contribution < -0.4 is 10.5 Å². The molecule has 0 aliphatic heterocycles. The van der Waals surface area contributed by atoms with E-state index in [-0.39, 0.29) is 17.2 Å². The number of Topliss-reactive ketones (excluding diaryl/α,β-unsaturated/α-hetero) is 1. The van der Waals surface area contributed by atoms with Crippen LogP contribution in [0.3, 0.4) is 0 Å². The number of fused-ring (bicyclic) bond motifs is 1. The number of primary amides is 1. The molecule has 1 fully saturated rings. The van der Waals surface area contributed by atoms with Gasteiger partial charge in [0.05, 0.1) is 16.5 Å². The van der Waals surface area contributed by atoms with E-state index in [1.165, 1.54) is 19.3 Å². The molecule has 1 aromatic heterocycles. The zero-order valence-corrected chi connectivity index (χ0v) is 17.8. The first-order valence-corrected chi connectivity index (χ1v) is 10.6. The van der Waals surface area contributed by atoms with Gasteiger partial charge in [-0.2, -0.15) is 0 Å². The van der Waals surface area contributed by atoms with Gasteiger partial charge < -0.3 is 20.1 Å². The number of amides is 1. The molecule has 30 heavy (non-hydrogen) atoms. The average Bonchev–Trinajstić information content (AvgIpc) is 2.98.